The van der Waals surface area contributed by atoms with Crippen LogP contribution in [0.5, 0.6) is 11.5 Å². The SMILES string of the molecule is O=C(NCC1COc2ccccc2O1)c1ccc(Br)cc1F. The Morgan fingerprint density at radius 1 is 1.27 bits per heavy atom. The quantitative estimate of drug-likeness (QED) is 0.908. The van der Waals surface area contributed by atoms with Gasteiger partial charge in [0.05, 0.1) is 12.1 Å². The van der Waals surface area contributed by atoms with Crippen LogP contribution in [0.4, 0.5) is 4.39 Å². The lowest BCUT2D eigenvalue weighted by molar-refractivity contribution is 0.0787. The minimum Gasteiger partial charge on any atom is -0.486 e. The average Bonchev–Trinajstić information content (AvgIpc) is 2.52. The molecule has 2 aromatic carbocycles. The van der Waals surface area contributed by atoms with Gasteiger partial charge in [-0.05, 0) is 30.3 Å². The van der Waals surface area contributed by atoms with Crippen LogP contribution in [0.1, 0.15) is 10.4 Å². The lowest BCUT2D eigenvalue weighted by Gasteiger charge is -2.26. The van der Waals surface area contributed by atoms with Crippen molar-refractivity contribution in [1.82, 2.24) is 5.32 Å². The molecule has 0 radical (unpaired) electrons. The third-order valence-corrected chi connectivity index (χ3v) is 3.73. The first kappa shape index (κ1) is 14.8. The molecule has 6 heteroatoms. The molecule has 0 aliphatic carbocycles. The van der Waals surface area contributed by atoms with Gasteiger partial charge in [-0.1, -0.05) is 28.1 Å². The van der Waals surface area contributed by atoms with Crippen LogP contribution in [0.3, 0.4) is 0 Å². The number of hydrogen-bond acceptors (Lipinski definition) is 3. The molecule has 0 saturated carbocycles. The monoisotopic (exact) mass is 365 g/mol. The number of benzene rings is 2. The normalized spacial score (nSPS) is 16.2. The highest BCUT2D eigenvalue weighted by molar-refractivity contribution is 9.10. The Kier molecular flexibility index (Phi) is 4.29. The molecule has 4 nitrogen and oxygen atoms in total. The zero-order valence-electron chi connectivity index (χ0n) is 11.5. The van der Waals surface area contributed by atoms with Crippen molar-refractivity contribution in [3.63, 3.8) is 0 Å². The number of amides is 1. The third kappa shape index (κ3) is 3.22. The fraction of sp³-hybridized carbons (Fsp3) is 0.188. The smallest absolute Gasteiger partial charge is 0.254 e. The van der Waals surface area contributed by atoms with Crippen LogP contribution in [0.2, 0.25) is 0 Å². The molecule has 1 unspecified atom stereocenters. The summed E-state index contributed by atoms with van der Waals surface area (Å²) < 4.78 is 25.6. The van der Waals surface area contributed by atoms with E-state index in [1.54, 1.807) is 12.1 Å². The van der Waals surface area contributed by atoms with Gasteiger partial charge in [-0.15, -0.1) is 0 Å². The van der Waals surface area contributed by atoms with E-state index in [2.05, 4.69) is 21.2 Å². The summed E-state index contributed by atoms with van der Waals surface area (Å²) in [5.41, 5.74) is 0.000304. The van der Waals surface area contributed by atoms with Crippen molar-refractivity contribution in [2.45, 2.75) is 6.10 Å². The summed E-state index contributed by atoms with van der Waals surface area (Å²) in [4.78, 5) is 12.0. The molecule has 0 saturated heterocycles. The Hall–Kier alpha value is -2.08. The zero-order chi connectivity index (χ0) is 15.5. The molecule has 0 aromatic heterocycles. The summed E-state index contributed by atoms with van der Waals surface area (Å²) in [6, 6.07) is 11.6. The van der Waals surface area contributed by atoms with E-state index in [-0.39, 0.29) is 18.2 Å². The average molecular weight is 366 g/mol. The second kappa shape index (κ2) is 6.36. The first-order valence-corrected chi connectivity index (χ1v) is 7.54. The maximum absolute atomic E-state index is 13.7. The Morgan fingerprint density at radius 3 is 2.82 bits per heavy atom. The van der Waals surface area contributed by atoms with Gasteiger partial charge in [-0.25, -0.2) is 4.39 Å². The molecule has 1 aliphatic heterocycles. The molecule has 3 rings (SSSR count). The largest absolute Gasteiger partial charge is 0.486 e. The van der Waals surface area contributed by atoms with E-state index < -0.39 is 11.7 Å². The van der Waals surface area contributed by atoms with Gasteiger partial charge in [0.2, 0.25) is 0 Å². The van der Waals surface area contributed by atoms with Gasteiger partial charge in [-0.3, -0.25) is 4.79 Å². The van der Waals surface area contributed by atoms with Gasteiger partial charge < -0.3 is 14.8 Å². The number of halogens is 2. The van der Waals surface area contributed by atoms with Crippen LogP contribution >= 0.6 is 15.9 Å². The Balaban J connectivity index is 1.60. The number of fused-ring (bicyclic) bond motifs is 1. The molecule has 1 aliphatic rings. The molecule has 2 aromatic rings. The van der Waals surface area contributed by atoms with Crippen LogP contribution < -0.4 is 14.8 Å². The second-order valence-electron chi connectivity index (χ2n) is 4.83. The third-order valence-electron chi connectivity index (χ3n) is 3.23. The summed E-state index contributed by atoms with van der Waals surface area (Å²) in [6.07, 6.45) is -0.308. The topological polar surface area (TPSA) is 47.6 Å². The van der Waals surface area contributed by atoms with E-state index in [0.717, 1.165) is 0 Å². The van der Waals surface area contributed by atoms with Gasteiger partial charge in [0.25, 0.3) is 5.91 Å². The molecule has 0 bridgehead atoms. The molecule has 1 amide bonds. The van der Waals surface area contributed by atoms with Crippen LogP contribution in [-0.4, -0.2) is 25.2 Å². The first-order chi connectivity index (χ1) is 10.6. The van der Waals surface area contributed by atoms with Gasteiger partial charge >= 0.3 is 0 Å². The molecule has 0 spiro atoms. The second-order valence-corrected chi connectivity index (χ2v) is 5.75. The molecular formula is C16H13BrFNO3. The number of carbonyl (C=O) groups is 1. The Morgan fingerprint density at radius 2 is 2.05 bits per heavy atom. The van der Waals surface area contributed by atoms with Crippen molar-refractivity contribution in [1.29, 1.82) is 0 Å². The first-order valence-electron chi connectivity index (χ1n) is 6.75. The predicted octanol–water partition coefficient (Wildman–Crippen LogP) is 3.16. The molecule has 1 atom stereocenters. The van der Waals surface area contributed by atoms with Crippen molar-refractivity contribution in [2.75, 3.05) is 13.2 Å². The van der Waals surface area contributed by atoms with Crippen molar-refractivity contribution >= 4 is 21.8 Å². The maximum Gasteiger partial charge on any atom is 0.254 e. The molecule has 114 valence electrons. The predicted molar refractivity (Wildman–Crippen MR) is 82.8 cm³/mol. The Labute approximate surface area is 135 Å². The van der Waals surface area contributed by atoms with E-state index in [1.807, 2.05) is 18.2 Å². The summed E-state index contributed by atoms with van der Waals surface area (Å²) >= 11 is 3.15. The standard InChI is InChI=1S/C16H13BrFNO3/c17-10-5-6-12(13(18)7-10)16(20)19-8-11-9-21-14-3-1-2-4-15(14)22-11/h1-7,11H,8-9H2,(H,19,20). The number of carbonyl (C=O) groups excluding carboxylic acids is 1. The molecule has 1 heterocycles. The maximum atomic E-state index is 13.7. The summed E-state index contributed by atoms with van der Waals surface area (Å²) in [6.45, 7) is 0.572. The molecule has 0 fully saturated rings. The van der Waals surface area contributed by atoms with Crippen LogP contribution in [0, 0.1) is 5.82 Å². The number of hydrogen-bond donors (Lipinski definition) is 1. The lowest BCUT2D eigenvalue weighted by atomic mass is 10.2. The van der Waals surface area contributed by atoms with Gasteiger partial charge in [0.1, 0.15) is 18.5 Å². The minimum absolute atomic E-state index is 0.000304. The number of nitrogens with one attached hydrogen (secondary N) is 1. The van der Waals surface area contributed by atoms with Gasteiger partial charge in [-0.2, -0.15) is 0 Å². The minimum atomic E-state index is -0.571. The summed E-state index contributed by atoms with van der Waals surface area (Å²) in [7, 11) is 0. The van der Waals surface area contributed by atoms with Crippen molar-refractivity contribution in [3.8, 4) is 11.5 Å². The number of para-hydroxylation sites is 2. The highest BCUT2D eigenvalue weighted by atomic mass is 79.9. The van der Waals surface area contributed by atoms with E-state index in [9.17, 15) is 9.18 Å². The molecule has 22 heavy (non-hydrogen) atoms. The van der Waals surface area contributed by atoms with Crippen molar-refractivity contribution in [2.24, 2.45) is 0 Å². The van der Waals surface area contributed by atoms with Gasteiger partial charge in [0.15, 0.2) is 11.5 Å². The zero-order valence-corrected chi connectivity index (χ0v) is 13.1. The highest BCUT2D eigenvalue weighted by Crippen LogP contribution is 2.30. The van der Waals surface area contributed by atoms with Crippen LogP contribution in [0.25, 0.3) is 0 Å². The summed E-state index contributed by atoms with van der Waals surface area (Å²) in [5, 5.41) is 2.66. The van der Waals surface area contributed by atoms with Gasteiger partial charge in [0, 0.05) is 4.47 Å². The number of rotatable bonds is 3. The fourth-order valence-electron chi connectivity index (χ4n) is 2.14. The Bertz CT molecular complexity index is 708. The van der Waals surface area contributed by atoms with E-state index in [4.69, 9.17) is 9.47 Å². The van der Waals surface area contributed by atoms with E-state index >= 15 is 0 Å². The van der Waals surface area contributed by atoms with Crippen molar-refractivity contribution in [3.05, 3.63) is 58.3 Å². The van der Waals surface area contributed by atoms with Crippen LogP contribution in [0.15, 0.2) is 46.9 Å². The van der Waals surface area contributed by atoms with Crippen molar-refractivity contribution < 1.29 is 18.7 Å². The highest BCUT2D eigenvalue weighted by Gasteiger charge is 2.21. The fourth-order valence-corrected chi connectivity index (χ4v) is 2.47. The number of ether oxygens (including phenoxy) is 2. The molecule has 1 N–H and O–H groups in total. The van der Waals surface area contributed by atoms with E-state index in [0.29, 0.717) is 22.6 Å². The lowest BCUT2D eigenvalue weighted by Crippen LogP contribution is -2.40. The molecular weight excluding hydrogens is 353 g/mol. The summed E-state index contributed by atoms with van der Waals surface area (Å²) in [5.74, 6) is 0.275. The van der Waals surface area contributed by atoms with E-state index in [1.165, 1.54) is 12.1 Å². The van der Waals surface area contributed by atoms with Crippen LogP contribution in [-0.2, 0) is 0 Å².